The summed E-state index contributed by atoms with van der Waals surface area (Å²) in [5.41, 5.74) is 0.117. The van der Waals surface area contributed by atoms with E-state index in [1.54, 1.807) is 24.5 Å². The third-order valence-corrected chi connectivity index (χ3v) is 6.40. The summed E-state index contributed by atoms with van der Waals surface area (Å²) < 4.78 is 26.1. The molecule has 0 saturated carbocycles. The summed E-state index contributed by atoms with van der Waals surface area (Å²) in [5.74, 6) is -0.225. The SMILES string of the molecule is CCCS(=O)(=O)N1CCC[C@@]2(CC(C(=O)Nc3cccnc3)=NO2)C1. The zero-order valence-corrected chi connectivity index (χ0v) is 15.0. The van der Waals surface area contributed by atoms with Crippen LogP contribution in [0.25, 0.3) is 0 Å². The predicted octanol–water partition coefficient (Wildman–Crippen LogP) is 1.37. The molecule has 3 rings (SSSR count). The molecule has 1 saturated heterocycles. The van der Waals surface area contributed by atoms with Gasteiger partial charge < -0.3 is 10.2 Å². The minimum atomic E-state index is -3.29. The third-order valence-electron chi connectivity index (χ3n) is 4.38. The molecule has 136 valence electrons. The number of hydrogen-bond donors (Lipinski definition) is 1. The average molecular weight is 366 g/mol. The first-order valence-corrected chi connectivity index (χ1v) is 9.99. The van der Waals surface area contributed by atoms with E-state index in [4.69, 9.17) is 4.84 Å². The summed E-state index contributed by atoms with van der Waals surface area (Å²) in [7, 11) is -3.29. The molecule has 1 aromatic rings. The first kappa shape index (κ1) is 17.8. The minimum absolute atomic E-state index is 0.123. The maximum absolute atomic E-state index is 12.3. The lowest BCUT2D eigenvalue weighted by atomic mass is 9.89. The molecule has 1 fully saturated rings. The zero-order chi connectivity index (χ0) is 17.9. The molecule has 0 bridgehead atoms. The van der Waals surface area contributed by atoms with E-state index in [2.05, 4.69) is 15.5 Å². The largest absolute Gasteiger partial charge is 0.387 e. The van der Waals surface area contributed by atoms with Crippen LogP contribution < -0.4 is 5.32 Å². The Bertz CT molecular complexity index is 766. The van der Waals surface area contributed by atoms with Gasteiger partial charge in [-0.15, -0.1) is 0 Å². The van der Waals surface area contributed by atoms with Gasteiger partial charge in [0.15, 0.2) is 5.60 Å². The fourth-order valence-electron chi connectivity index (χ4n) is 3.18. The van der Waals surface area contributed by atoms with Crippen LogP contribution in [0.3, 0.4) is 0 Å². The molecule has 1 amide bonds. The smallest absolute Gasteiger partial charge is 0.273 e. The van der Waals surface area contributed by atoms with Crippen molar-refractivity contribution in [2.45, 2.75) is 38.2 Å². The molecule has 8 nitrogen and oxygen atoms in total. The van der Waals surface area contributed by atoms with Crippen LogP contribution >= 0.6 is 0 Å². The van der Waals surface area contributed by atoms with E-state index in [1.165, 1.54) is 4.31 Å². The lowest BCUT2D eigenvalue weighted by Gasteiger charge is -2.37. The van der Waals surface area contributed by atoms with Crippen LogP contribution in [-0.2, 0) is 19.7 Å². The van der Waals surface area contributed by atoms with Gasteiger partial charge in [0.25, 0.3) is 5.91 Å². The molecule has 1 aromatic heterocycles. The number of amides is 1. The summed E-state index contributed by atoms with van der Waals surface area (Å²) in [6.45, 7) is 2.57. The molecular formula is C16H22N4O4S. The molecule has 0 radical (unpaired) electrons. The van der Waals surface area contributed by atoms with Gasteiger partial charge in [0.05, 0.1) is 24.2 Å². The van der Waals surface area contributed by atoms with E-state index >= 15 is 0 Å². The normalized spacial score (nSPS) is 24.0. The van der Waals surface area contributed by atoms with Gasteiger partial charge in [-0.1, -0.05) is 12.1 Å². The number of oxime groups is 1. The Kier molecular flexibility index (Phi) is 5.05. The van der Waals surface area contributed by atoms with E-state index in [1.807, 2.05) is 6.92 Å². The Morgan fingerprint density at radius 2 is 2.32 bits per heavy atom. The van der Waals surface area contributed by atoms with Crippen molar-refractivity contribution in [3.8, 4) is 0 Å². The van der Waals surface area contributed by atoms with E-state index in [9.17, 15) is 13.2 Å². The number of nitrogens with one attached hydrogen (secondary N) is 1. The molecule has 0 unspecified atom stereocenters. The molecule has 0 aliphatic carbocycles. The van der Waals surface area contributed by atoms with Crippen molar-refractivity contribution in [2.75, 3.05) is 24.2 Å². The minimum Gasteiger partial charge on any atom is -0.387 e. The fraction of sp³-hybridized carbons (Fsp3) is 0.562. The Morgan fingerprint density at radius 3 is 3.04 bits per heavy atom. The second-order valence-electron chi connectivity index (χ2n) is 6.44. The van der Waals surface area contributed by atoms with E-state index < -0.39 is 15.6 Å². The van der Waals surface area contributed by atoms with Crippen molar-refractivity contribution in [1.29, 1.82) is 0 Å². The van der Waals surface area contributed by atoms with Crippen LogP contribution in [0.1, 0.15) is 32.6 Å². The number of nitrogens with zero attached hydrogens (tertiary/aromatic N) is 3. The van der Waals surface area contributed by atoms with Crippen LogP contribution in [0.5, 0.6) is 0 Å². The van der Waals surface area contributed by atoms with Gasteiger partial charge in [0, 0.05) is 19.2 Å². The highest BCUT2D eigenvalue weighted by Gasteiger charge is 2.46. The number of pyridine rings is 1. The van der Waals surface area contributed by atoms with Crippen LogP contribution in [0.15, 0.2) is 29.7 Å². The summed E-state index contributed by atoms with van der Waals surface area (Å²) in [4.78, 5) is 21.8. The van der Waals surface area contributed by atoms with Crippen LogP contribution in [0, 0.1) is 0 Å². The Hall–Kier alpha value is -2.00. The van der Waals surface area contributed by atoms with Crippen molar-refractivity contribution >= 4 is 27.3 Å². The number of carbonyl (C=O) groups is 1. The van der Waals surface area contributed by atoms with Crippen LogP contribution in [-0.4, -0.2) is 53.8 Å². The maximum Gasteiger partial charge on any atom is 0.273 e. The number of anilines is 1. The Morgan fingerprint density at radius 1 is 1.48 bits per heavy atom. The zero-order valence-electron chi connectivity index (χ0n) is 14.1. The number of rotatable bonds is 5. The topological polar surface area (TPSA) is 101 Å². The molecule has 2 aliphatic rings. The fourth-order valence-corrected chi connectivity index (χ4v) is 4.80. The van der Waals surface area contributed by atoms with Crippen molar-refractivity contribution in [3.63, 3.8) is 0 Å². The van der Waals surface area contributed by atoms with Crippen molar-refractivity contribution in [3.05, 3.63) is 24.5 Å². The second-order valence-corrected chi connectivity index (χ2v) is 8.53. The number of hydrogen-bond acceptors (Lipinski definition) is 6. The molecule has 3 heterocycles. The van der Waals surface area contributed by atoms with Crippen molar-refractivity contribution < 1.29 is 18.0 Å². The molecule has 0 aromatic carbocycles. The molecule has 9 heteroatoms. The quantitative estimate of drug-likeness (QED) is 0.848. The summed E-state index contributed by atoms with van der Waals surface area (Å²) in [5, 5.41) is 6.66. The Labute approximate surface area is 147 Å². The van der Waals surface area contributed by atoms with Crippen molar-refractivity contribution in [2.24, 2.45) is 5.16 Å². The third kappa shape index (κ3) is 3.98. The number of piperidine rings is 1. The molecular weight excluding hydrogens is 344 g/mol. The standard InChI is InChI=1S/C16H22N4O4S/c1-2-9-25(22,23)20-8-4-6-16(12-20)10-14(19-24-16)15(21)18-13-5-3-7-17-11-13/h3,5,7,11H,2,4,6,8-10,12H2,1H3,(H,18,21)/t16-/m1/s1. The van der Waals surface area contributed by atoms with E-state index in [-0.39, 0.29) is 23.9 Å². The Balaban J connectivity index is 1.65. The first-order chi connectivity index (χ1) is 11.9. The van der Waals surface area contributed by atoms with Crippen LogP contribution in [0.2, 0.25) is 0 Å². The summed E-state index contributed by atoms with van der Waals surface area (Å²) in [6.07, 6.45) is 5.41. The molecule has 1 N–H and O–H groups in total. The number of carbonyl (C=O) groups excluding carboxylic acids is 1. The highest BCUT2D eigenvalue weighted by atomic mass is 32.2. The van der Waals surface area contributed by atoms with Gasteiger partial charge in [-0.2, -0.15) is 4.31 Å². The monoisotopic (exact) mass is 366 g/mol. The van der Waals surface area contributed by atoms with E-state index in [0.29, 0.717) is 37.9 Å². The average Bonchev–Trinajstić information content (AvgIpc) is 2.99. The van der Waals surface area contributed by atoms with Gasteiger partial charge >= 0.3 is 0 Å². The highest BCUT2D eigenvalue weighted by molar-refractivity contribution is 7.89. The summed E-state index contributed by atoms with van der Waals surface area (Å²) >= 11 is 0. The van der Waals surface area contributed by atoms with Gasteiger partial charge in [-0.3, -0.25) is 9.78 Å². The molecule has 25 heavy (non-hydrogen) atoms. The van der Waals surface area contributed by atoms with Gasteiger partial charge in [-0.05, 0) is 31.4 Å². The van der Waals surface area contributed by atoms with Gasteiger partial charge in [0.2, 0.25) is 10.0 Å². The molecule has 2 aliphatic heterocycles. The number of sulfonamides is 1. The van der Waals surface area contributed by atoms with Gasteiger partial charge in [-0.25, -0.2) is 8.42 Å². The molecule has 1 atom stereocenters. The first-order valence-electron chi connectivity index (χ1n) is 8.38. The molecule has 1 spiro atoms. The highest BCUT2D eigenvalue weighted by Crippen LogP contribution is 2.34. The predicted molar refractivity (Wildman–Crippen MR) is 93.6 cm³/mol. The second kappa shape index (κ2) is 7.09. The van der Waals surface area contributed by atoms with Crippen LogP contribution in [0.4, 0.5) is 5.69 Å². The number of aromatic nitrogens is 1. The lowest BCUT2D eigenvalue weighted by Crippen LogP contribution is -2.51. The lowest BCUT2D eigenvalue weighted by molar-refractivity contribution is -0.110. The van der Waals surface area contributed by atoms with E-state index in [0.717, 1.165) is 0 Å². The van der Waals surface area contributed by atoms with Crippen molar-refractivity contribution in [1.82, 2.24) is 9.29 Å². The summed E-state index contributed by atoms with van der Waals surface area (Å²) in [6, 6.07) is 3.46. The van der Waals surface area contributed by atoms with Gasteiger partial charge in [0.1, 0.15) is 5.71 Å². The maximum atomic E-state index is 12.3.